The highest BCUT2D eigenvalue weighted by Crippen LogP contribution is 2.25. The number of amides is 4. The van der Waals surface area contributed by atoms with Gasteiger partial charge in [0.05, 0.1) is 5.69 Å². The highest BCUT2D eigenvalue weighted by atomic mass is 35.5. The molecule has 4 rings (SSSR count). The molecule has 31 heavy (non-hydrogen) atoms. The third-order valence-corrected chi connectivity index (χ3v) is 4.71. The van der Waals surface area contributed by atoms with Crippen LogP contribution in [0.2, 0.25) is 5.02 Å². The Kier molecular flexibility index (Phi) is 5.55. The molecule has 1 saturated heterocycles. The summed E-state index contributed by atoms with van der Waals surface area (Å²) in [5.41, 5.74) is 0.712. The molecule has 156 valence electrons. The number of furan rings is 1. The number of halogens is 2. The first-order chi connectivity index (χ1) is 14.9. The summed E-state index contributed by atoms with van der Waals surface area (Å²) in [7, 11) is 0. The molecule has 2 aromatic carbocycles. The van der Waals surface area contributed by atoms with Gasteiger partial charge in [-0.15, -0.1) is 0 Å². The lowest BCUT2D eigenvalue weighted by Gasteiger charge is -2.12. The normalized spacial score (nSPS) is 14.8. The molecule has 3 aromatic rings. The number of urea groups is 1. The van der Waals surface area contributed by atoms with Gasteiger partial charge in [0.25, 0.3) is 5.91 Å². The van der Waals surface area contributed by atoms with Crippen molar-refractivity contribution in [2.24, 2.45) is 0 Å². The van der Waals surface area contributed by atoms with E-state index in [4.69, 9.17) is 16.0 Å². The zero-order chi connectivity index (χ0) is 22.0. The highest BCUT2D eigenvalue weighted by molar-refractivity contribution is 6.30. The lowest BCUT2D eigenvalue weighted by atomic mass is 10.2. The second-order valence-corrected chi connectivity index (χ2v) is 7.05. The third kappa shape index (κ3) is 4.49. The van der Waals surface area contributed by atoms with Crippen LogP contribution in [0.3, 0.4) is 0 Å². The molecule has 0 atom stereocenters. The van der Waals surface area contributed by atoms with E-state index in [2.05, 4.69) is 10.6 Å². The average molecular weight is 440 g/mol. The quantitative estimate of drug-likeness (QED) is 0.458. The second kappa shape index (κ2) is 8.45. The van der Waals surface area contributed by atoms with E-state index in [9.17, 15) is 18.8 Å². The van der Waals surface area contributed by atoms with Crippen LogP contribution in [0.1, 0.15) is 5.76 Å². The number of benzene rings is 2. The van der Waals surface area contributed by atoms with E-state index in [0.29, 0.717) is 16.5 Å². The Balaban J connectivity index is 1.45. The standard InChI is InChI=1S/C22H15ClFN3O4/c23-14-7-5-13(6-8-14)19-10-9-15(31-19)11-18-21(29)27(22(30)26-18)12-20(28)25-17-4-2-1-3-16(17)24/h1-11H,12H2,(H,25,28)(H,26,30)/b18-11+. The number of hydrogen-bond acceptors (Lipinski definition) is 4. The molecule has 7 nitrogen and oxygen atoms in total. The van der Waals surface area contributed by atoms with Crippen LogP contribution in [0.5, 0.6) is 0 Å². The molecular formula is C22H15ClFN3O4. The van der Waals surface area contributed by atoms with Crippen molar-refractivity contribution in [1.82, 2.24) is 10.2 Å². The largest absolute Gasteiger partial charge is 0.457 e. The van der Waals surface area contributed by atoms with Gasteiger partial charge in [0.2, 0.25) is 5.91 Å². The molecule has 0 spiro atoms. The van der Waals surface area contributed by atoms with Crippen molar-refractivity contribution in [2.45, 2.75) is 0 Å². The molecule has 1 aliphatic heterocycles. The zero-order valence-electron chi connectivity index (χ0n) is 15.9. The lowest BCUT2D eigenvalue weighted by Crippen LogP contribution is -2.38. The summed E-state index contributed by atoms with van der Waals surface area (Å²) in [5, 5.41) is 5.33. The van der Waals surface area contributed by atoms with Gasteiger partial charge >= 0.3 is 6.03 Å². The molecule has 0 aliphatic carbocycles. The van der Waals surface area contributed by atoms with Crippen LogP contribution in [0.4, 0.5) is 14.9 Å². The number of carbonyl (C=O) groups is 3. The van der Waals surface area contributed by atoms with Gasteiger partial charge in [0.15, 0.2) is 0 Å². The van der Waals surface area contributed by atoms with E-state index < -0.39 is 30.2 Å². The molecule has 0 bridgehead atoms. The number of para-hydroxylation sites is 1. The Bertz CT molecular complexity index is 1200. The van der Waals surface area contributed by atoms with Crippen LogP contribution < -0.4 is 10.6 Å². The van der Waals surface area contributed by atoms with Crippen LogP contribution in [-0.2, 0) is 9.59 Å². The summed E-state index contributed by atoms with van der Waals surface area (Å²) in [6.45, 7) is -0.565. The Morgan fingerprint density at radius 2 is 1.84 bits per heavy atom. The molecule has 0 radical (unpaired) electrons. The van der Waals surface area contributed by atoms with Gasteiger partial charge in [-0.3, -0.25) is 9.59 Å². The Morgan fingerprint density at radius 1 is 1.10 bits per heavy atom. The molecule has 0 saturated carbocycles. The predicted octanol–water partition coefficient (Wildman–Crippen LogP) is 4.27. The van der Waals surface area contributed by atoms with Crippen LogP contribution in [0.25, 0.3) is 17.4 Å². The van der Waals surface area contributed by atoms with Gasteiger partial charge in [-0.1, -0.05) is 23.7 Å². The summed E-state index contributed by atoms with van der Waals surface area (Å²) in [4.78, 5) is 37.6. The van der Waals surface area contributed by atoms with Crippen molar-refractivity contribution < 1.29 is 23.2 Å². The molecule has 0 unspecified atom stereocenters. The van der Waals surface area contributed by atoms with E-state index in [1.807, 2.05) is 0 Å². The Labute approximate surface area is 181 Å². The van der Waals surface area contributed by atoms with Crippen molar-refractivity contribution >= 4 is 41.2 Å². The maximum atomic E-state index is 13.7. The number of imide groups is 1. The molecule has 9 heteroatoms. The summed E-state index contributed by atoms with van der Waals surface area (Å²) in [6.07, 6.45) is 1.37. The first-order valence-corrected chi connectivity index (χ1v) is 9.53. The fourth-order valence-electron chi connectivity index (χ4n) is 2.95. The molecule has 1 fully saturated rings. The molecule has 1 aromatic heterocycles. The van der Waals surface area contributed by atoms with Crippen molar-refractivity contribution in [1.29, 1.82) is 0 Å². The van der Waals surface area contributed by atoms with E-state index in [1.54, 1.807) is 42.5 Å². The summed E-state index contributed by atoms with van der Waals surface area (Å²) >= 11 is 5.88. The monoisotopic (exact) mass is 439 g/mol. The first-order valence-electron chi connectivity index (χ1n) is 9.15. The van der Waals surface area contributed by atoms with Gasteiger partial charge in [0, 0.05) is 16.7 Å². The topological polar surface area (TPSA) is 91.7 Å². The summed E-state index contributed by atoms with van der Waals surface area (Å²) < 4.78 is 19.4. The zero-order valence-corrected chi connectivity index (χ0v) is 16.7. The van der Waals surface area contributed by atoms with Gasteiger partial charge in [0.1, 0.15) is 29.6 Å². The maximum absolute atomic E-state index is 13.7. The molecule has 2 heterocycles. The number of hydrogen-bond donors (Lipinski definition) is 2. The van der Waals surface area contributed by atoms with Gasteiger partial charge in [-0.25, -0.2) is 14.1 Å². The molecule has 1 aliphatic rings. The van der Waals surface area contributed by atoms with Crippen molar-refractivity contribution in [3.05, 3.63) is 83.0 Å². The molecule has 2 N–H and O–H groups in total. The third-order valence-electron chi connectivity index (χ3n) is 4.45. The predicted molar refractivity (Wildman–Crippen MR) is 112 cm³/mol. The van der Waals surface area contributed by atoms with E-state index in [0.717, 1.165) is 10.5 Å². The van der Waals surface area contributed by atoms with Crippen LogP contribution >= 0.6 is 11.6 Å². The number of carbonyl (C=O) groups excluding carboxylic acids is 3. The Hall–Kier alpha value is -3.91. The average Bonchev–Trinajstić information content (AvgIpc) is 3.31. The summed E-state index contributed by atoms with van der Waals surface area (Å²) in [6, 6.07) is 15.2. The van der Waals surface area contributed by atoms with Crippen LogP contribution in [-0.4, -0.2) is 29.3 Å². The summed E-state index contributed by atoms with van der Waals surface area (Å²) in [5.74, 6) is -1.13. The number of nitrogens with one attached hydrogen (secondary N) is 2. The molecule has 4 amide bonds. The first kappa shape index (κ1) is 20.4. The lowest BCUT2D eigenvalue weighted by molar-refractivity contribution is -0.127. The Morgan fingerprint density at radius 3 is 2.58 bits per heavy atom. The maximum Gasteiger partial charge on any atom is 0.329 e. The number of anilines is 1. The van der Waals surface area contributed by atoms with Crippen molar-refractivity contribution in [2.75, 3.05) is 11.9 Å². The van der Waals surface area contributed by atoms with Gasteiger partial charge in [-0.2, -0.15) is 0 Å². The van der Waals surface area contributed by atoms with Crippen molar-refractivity contribution in [3.8, 4) is 11.3 Å². The fourth-order valence-corrected chi connectivity index (χ4v) is 3.08. The minimum atomic E-state index is -0.760. The van der Waals surface area contributed by atoms with Crippen molar-refractivity contribution in [3.63, 3.8) is 0 Å². The second-order valence-electron chi connectivity index (χ2n) is 6.62. The SMILES string of the molecule is O=C(CN1C(=O)N/C(=C/c2ccc(-c3ccc(Cl)cc3)o2)C1=O)Nc1ccccc1F. The fraction of sp³-hybridized carbons (Fsp3) is 0.0455. The van der Waals surface area contributed by atoms with E-state index in [-0.39, 0.29) is 11.4 Å². The molecular weight excluding hydrogens is 425 g/mol. The van der Waals surface area contributed by atoms with Gasteiger partial charge in [-0.05, 0) is 48.5 Å². The van der Waals surface area contributed by atoms with E-state index >= 15 is 0 Å². The van der Waals surface area contributed by atoms with Crippen LogP contribution in [0.15, 0.2) is 70.8 Å². The van der Waals surface area contributed by atoms with Gasteiger partial charge < -0.3 is 15.1 Å². The smallest absolute Gasteiger partial charge is 0.329 e. The van der Waals surface area contributed by atoms with E-state index in [1.165, 1.54) is 24.3 Å². The number of rotatable bonds is 5. The minimum Gasteiger partial charge on any atom is -0.457 e. The highest BCUT2D eigenvalue weighted by Gasteiger charge is 2.35. The number of nitrogens with zero attached hydrogens (tertiary/aromatic N) is 1. The van der Waals surface area contributed by atoms with Crippen LogP contribution in [0, 0.1) is 5.82 Å². The minimum absolute atomic E-state index is 0.0410.